The van der Waals surface area contributed by atoms with E-state index in [0.29, 0.717) is 29.3 Å². The van der Waals surface area contributed by atoms with E-state index in [-0.39, 0.29) is 24.8 Å². The largest absolute Gasteiger partial charge is 0.462 e. The molecule has 0 aliphatic carbocycles. The third kappa shape index (κ3) is 6.99. The summed E-state index contributed by atoms with van der Waals surface area (Å²) in [6, 6.07) is 8.19. The number of carbonyl (C=O) groups excluding carboxylic acids is 1. The molecule has 12 heteroatoms. The second-order valence-corrected chi connectivity index (χ2v) is 10.6. The first-order chi connectivity index (χ1) is 16.2. The van der Waals surface area contributed by atoms with E-state index < -0.39 is 19.4 Å². The molecule has 0 fully saturated rings. The van der Waals surface area contributed by atoms with Crippen molar-refractivity contribution in [3.8, 4) is 5.75 Å². The summed E-state index contributed by atoms with van der Waals surface area (Å²) in [5, 5.41) is 2.96. The number of nitrogens with zero attached hydrogens (tertiary/aromatic N) is 4. The summed E-state index contributed by atoms with van der Waals surface area (Å²) in [5.74, 6) is 0.326. The number of anilines is 1. The van der Waals surface area contributed by atoms with E-state index in [2.05, 4.69) is 20.3 Å². The van der Waals surface area contributed by atoms with Crippen LogP contribution >= 0.6 is 7.37 Å². The van der Waals surface area contributed by atoms with Crippen LogP contribution in [0.1, 0.15) is 27.7 Å². The van der Waals surface area contributed by atoms with Gasteiger partial charge in [-0.2, -0.15) is 0 Å². The first kappa shape index (κ1) is 25.6. The van der Waals surface area contributed by atoms with E-state index in [4.69, 9.17) is 19.7 Å². The molecule has 34 heavy (non-hydrogen) atoms. The molecule has 0 aliphatic heterocycles. The number of fused-ring (bicyclic) bond motifs is 1. The molecule has 3 N–H and O–H groups in total. The van der Waals surface area contributed by atoms with Gasteiger partial charge < -0.3 is 24.3 Å². The average molecular weight is 491 g/mol. The standard InChI is InChI=1S/C22H31N6O5P/c1-15(2)32-22(29)17(4)27-13-34(30,33-18-8-6-5-7-9-18)14-31-16(3)10-28-12-26-19-20(23)24-11-25-21(19)28/h5-9,11-12,15-17,27H,10,13-14H2,1-4H3,(H2,23,24,25)/t16-,17+,34?/m1/s1. The van der Waals surface area contributed by atoms with Crippen LogP contribution in [-0.2, 0) is 25.4 Å². The topological polar surface area (TPSA) is 143 Å². The number of aromatic nitrogens is 4. The van der Waals surface area contributed by atoms with Gasteiger partial charge in [0.25, 0.3) is 7.37 Å². The van der Waals surface area contributed by atoms with Crippen LogP contribution in [0, 0.1) is 0 Å². The third-order valence-electron chi connectivity index (χ3n) is 4.80. The number of imidazole rings is 1. The van der Waals surface area contributed by atoms with Gasteiger partial charge in [0.1, 0.15) is 30.0 Å². The number of nitrogen functional groups attached to an aromatic ring is 1. The number of esters is 1. The Balaban J connectivity index is 1.65. The molecule has 0 aliphatic rings. The van der Waals surface area contributed by atoms with Crippen LogP contribution in [0.25, 0.3) is 11.2 Å². The fourth-order valence-corrected chi connectivity index (χ4v) is 4.82. The number of hydrogen-bond acceptors (Lipinski definition) is 10. The monoisotopic (exact) mass is 490 g/mol. The van der Waals surface area contributed by atoms with E-state index >= 15 is 0 Å². The Morgan fingerprint density at radius 3 is 2.59 bits per heavy atom. The van der Waals surface area contributed by atoms with Gasteiger partial charge in [-0.25, -0.2) is 15.0 Å². The van der Waals surface area contributed by atoms with Gasteiger partial charge in [0, 0.05) is 0 Å². The summed E-state index contributed by atoms with van der Waals surface area (Å²) in [4.78, 5) is 24.5. The van der Waals surface area contributed by atoms with E-state index in [0.717, 1.165) is 0 Å². The lowest BCUT2D eigenvalue weighted by Gasteiger charge is -2.24. The van der Waals surface area contributed by atoms with Gasteiger partial charge in [0.05, 0.1) is 31.4 Å². The summed E-state index contributed by atoms with van der Waals surface area (Å²) in [5.41, 5.74) is 6.95. The van der Waals surface area contributed by atoms with Crippen LogP contribution < -0.4 is 15.6 Å². The zero-order chi connectivity index (χ0) is 24.7. The van der Waals surface area contributed by atoms with Gasteiger partial charge in [-0.3, -0.25) is 14.7 Å². The van der Waals surface area contributed by atoms with Crippen LogP contribution in [0.5, 0.6) is 5.75 Å². The van der Waals surface area contributed by atoms with Crippen molar-refractivity contribution in [3.63, 3.8) is 0 Å². The molecule has 0 radical (unpaired) electrons. The molecule has 0 bridgehead atoms. The summed E-state index contributed by atoms with van der Waals surface area (Å²) in [6.07, 6.45) is 2.17. The number of hydrogen-bond donors (Lipinski definition) is 2. The SMILES string of the molecule is CC(C)OC(=O)[C@H](C)NCP(=O)(CO[C@H](C)Cn1cnc2c(N)ncnc21)Oc1ccccc1. The minimum atomic E-state index is -3.38. The summed E-state index contributed by atoms with van der Waals surface area (Å²) < 4.78 is 32.4. The Labute approximate surface area is 198 Å². The molecule has 184 valence electrons. The van der Waals surface area contributed by atoms with Gasteiger partial charge in [-0.1, -0.05) is 18.2 Å². The number of ether oxygens (including phenoxy) is 2. The van der Waals surface area contributed by atoms with Gasteiger partial charge in [-0.15, -0.1) is 0 Å². The molecular weight excluding hydrogens is 459 g/mol. The summed E-state index contributed by atoms with van der Waals surface area (Å²) >= 11 is 0. The maximum atomic E-state index is 13.7. The van der Waals surface area contributed by atoms with E-state index in [1.165, 1.54) is 6.33 Å². The number of para-hydroxylation sites is 1. The first-order valence-corrected chi connectivity index (χ1v) is 13.0. The zero-order valence-corrected chi connectivity index (χ0v) is 20.6. The molecule has 2 aromatic heterocycles. The molecule has 2 heterocycles. The number of nitrogens with one attached hydrogen (secondary N) is 1. The fourth-order valence-electron chi connectivity index (χ4n) is 3.07. The molecule has 11 nitrogen and oxygen atoms in total. The van der Waals surface area contributed by atoms with Crippen LogP contribution in [0.15, 0.2) is 43.0 Å². The average Bonchev–Trinajstić information content (AvgIpc) is 3.20. The molecule has 1 unspecified atom stereocenters. The molecular formula is C22H31N6O5P. The molecule has 1 aromatic carbocycles. The van der Waals surface area contributed by atoms with Gasteiger partial charge in [-0.05, 0) is 39.8 Å². The lowest BCUT2D eigenvalue weighted by Crippen LogP contribution is -2.37. The van der Waals surface area contributed by atoms with Crippen molar-refractivity contribution >= 4 is 30.3 Å². The second kappa shape index (κ2) is 11.4. The predicted molar refractivity (Wildman–Crippen MR) is 129 cm³/mol. The normalized spacial score (nSPS) is 15.1. The minimum absolute atomic E-state index is 0.0687. The number of rotatable bonds is 12. The van der Waals surface area contributed by atoms with Crippen molar-refractivity contribution in [1.82, 2.24) is 24.8 Å². The van der Waals surface area contributed by atoms with Gasteiger partial charge >= 0.3 is 5.97 Å². The minimum Gasteiger partial charge on any atom is -0.462 e. The summed E-state index contributed by atoms with van der Waals surface area (Å²) in [7, 11) is -3.38. The van der Waals surface area contributed by atoms with Gasteiger partial charge in [0.2, 0.25) is 0 Å². The molecule has 3 aromatic rings. The maximum absolute atomic E-state index is 13.7. The molecule has 3 atom stereocenters. The Bertz CT molecular complexity index is 1140. The van der Waals surface area contributed by atoms with Crippen molar-refractivity contribution in [3.05, 3.63) is 43.0 Å². The molecule has 0 saturated carbocycles. The second-order valence-electron chi connectivity index (χ2n) is 8.22. The Morgan fingerprint density at radius 2 is 1.88 bits per heavy atom. The van der Waals surface area contributed by atoms with Crippen LogP contribution in [0.3, 0.4) is 0 Å². The van der Waals surface area contributed by atoms with Crippen LogP contribution in [0.4, 0.5) is 5.82 Å². The highest BCUT2D eigenvalue weighted by Gasteiger charge is 2.29. The van der Waals surface area contributed by atoms with Crippen molar-refractivity contribution in [2.75, 3.05) is 18.4 Å². The Kier molecular flexibility index (Phi) is 8.60. The third-order valence-corrected chi connectivity index (χ3v) is 6.55. The van der Waals surface area contributed by atoms with E-state index in [9.17, 15) is 9.36 Å². The van der Waals surface area contributed by atoms with E-state index in [1.807, 2.05) is 13.0 Å². The quantitative estimate of drug-likeness (QED) is 0.287. The lowest BCUT2D eigenvalue weighted by atomic mass is 10.3. The molecule has 3 rings (SSSR count). The Hall–Kier alpha value is -3.01. The molecule has 0 spiro atoms. The lowest BCUT2D eigenvalue weighted by molar-refractivity contribution is -0.149. The van der Waals surface area contributed by atoms with Crippen LogP contribution in [0.2, 0.25) is 0 Å². The summed E-state index contributed by atoms with van der Waals surface area (Å²) in [6.45, 7) is 7.45. The van der Waals surface area contributed by atoms with Crippen molar-refractivity contribution in [2.24, 2.45) is 0 Å². The van der Waals surface area contributed by atoms with Crippen molar-refractivity contribution in [2.45, 2.75) is 52.5 Å². The number of nitrogens with two attached hydrogens (primary N) is 1. The van der Waals surface area contributed by atoms with Crippen LogP contribution in [-0.4, -0.2) is 56.4 Å². The van der Waals surface area contributed by atoms with E-state index in [1.54, 1.807) is 55.9 Å². The highest BCUT2D eigenvalue weighted by molar-refractivity contribution is 7.59. The van der Waals surface area contributed by atoms with Crippen molar-refractivity contribution < 1.29 is 23.4 Å². The fraction of sp³-hybridized carbons (Fsp3) is 0.455. The molecule has 0 amide bonds. The van der Waals surface area contributed by atoms with Crippen molar-refractivity contribution in [1.29, 1.82) is 0 Å². The Morgan fingerprint density at radius 1 is 1.15 bits per heavy atom. The number of benzene rings is 1. The number of carbonyl (C=O) groups is 1. The van der Waals surface area contributed by atoms with Gasteiger partial charge in [0.15, 0.2) is 11.5 Å². The smallest absolute Gasteiger partial charge is 0.323 e. The first-order valence-electron chi connectivity index (χ1n) is 11.0. The predicted octanol–water partition coefficient (Wildman–Crippen LogP) is 3.02. The maximum Gasteiger partial charge on any atom is 0.323 e. The highest BCUT2D eigenvalue weighted by atomic mass is 31.2. The molecule has 0 saturated heterocycles. The highest BCUT2D eigenvalue weighted by Crippen LogP contribution is 2.46. The zero-order valence-electron chi connectivity index (χ0n) is 19.7.